The number of carbonyl (C=O) groups excluding carboxylic acids is 2. The van der Waals surface area contributed by atoms with Crippen LogP contribution in [0.2, 0.25) is 0 Å². The third kappa shape index (κ3) is 6.24. The van der Waals surface area contributed by atoms with Gasteiger partial charge in [-0.2, -0.15) is 0 Å². The van der Waals surface area contributed by atoms with Crippen molar-refractivity contribution in [3.63, 3.8) is 0 Å². The minimum atomic E-state index is -0.899. The Morgan fingerprint density at radius 3 is 2.50 bits per heavy atom. The standard InChI is InChI=1S/C15H20N2O4.ClH/c1-10(17(3)8-7-14(19)20)15(21)16-13-6-4-5-12(9-13)11(2)18;/h4-6,9-10H,7-8H2,1-3H3,(H,16,21)(H,19,20);1H. The maximum Gasteiger partial charge on any atom is 0.304 e. The van der Waals surface area contributed by atoms with E-state index in [1.54, 1.807) is 43.1 Å². The molecule has 0 aromatic heterocycles. The van der Waals surface area contributed by atoms with Crippen LogP contribution in [0.15, 0.2) is 24.3 Å². The van der Waals surface area contributed by atoms with Crippen molar-refractivity contribution in [3.05, 3.63) is 29.8 Å². The highest BCUT2D eigenvalue weighted by atomic mass is 35.5. The van der Waals surface area contributed by atoms with Gasteiger partial charge < -0.3 is 10.4 Å². The summed E-state index contributed by atoms with van der Waals surface area (Å²) in [6.07, 6.45) is -0.0199. The van der Waals surface area contributed by atoms with Crippen molar-refractivity contribution in [3.8, 4) is 0 Å². The number of likely N-dealkylation sites (N-methyl/N-ethyl adjacent to an activating group) is 1. The third-order valence-corrected chi connectivity index (χ3v) is 3.26. The fraction of sp³-hybridized carbons (Fsp3) is 0.400. The second-order valence-corrected chi connectivity index (χ2v) is 4.93. The molecule has 1 rings (SSSR count). The first-order valence-corrected chi connectivity index (χ1v) is 6.65. The first-order valence-electron chi connectivity index (χ1n) is 6.65. The van der Waals surface area contributed by atoms with Crippen molar-refractivity contribution < 1.29 is 19.5 Å². The van der Waals surface area contributed by atoms with Crippen molar-refractivity contribution in [1.29, 1.82) is 0 Å². The molecule has 22 heavy (non-hydrogen) atoms. The summed E-state index contributed by atoms with van der Waals surface area (Å²) in [6.45, 7) is 3.45. The molecule has 0 aliphatic heterocycles. The number of nitrogens with zero attached hydrogens (tertiary/aromatic N) is 1. The lowest BCUT2D eigenvalue weighted by atomic mass is 10.1. The zero-order valence-electron chi connectivity index (χ0n) is 12.8. The van der Waals surface area contributed by atoms with E-state index in [1.165, 1.54) is 6.92 Å². The van der Waals surface area contributed by atoms with Crippen LogP contribution in [0.25, 0.3) is 0 Å². The van der Waals surface area contributed by atoms with Gasteiger partial charge in [-0.15, -0.1) is 12.4 Å². The van der Waals surface area contributed by atoms with Gasteiger partial charge in [0.15, 0.2) is 5.78 Å². The van der Waals surface area contributed by atoms with E-state index in [1.807, 2.05) is 0 Å². The third-order valence-electron chi connectivity index (χ3n) is 3.26. The van der Waals surface area contributed by atoms with Crippen LogP contribution in [-0.2, 0) is 9.59 Å². The second kappa shape index (κ2) is 9.17. The average Bonchev–Trinajstić information content (AvgIpc) is 2.44. The number of hydrogen-bond acceptors (Lipinski definition) is 4. The summed E-state index contributed by atoms with van der Waals surface area (Å²) in [7, 11) is 1.69. The molecule has 0 aliphatic rings. The van der Waals surface area contributed by atoms with Crippen LogP contribution in [0.4, 0.5) is 5.69 Å². The lowest BCUT2D eigenvalue weighted by molar-refractivity contribution is -0.137. The minimum Gasteiger partial charge on any atom is -0.481 e. The number of ketones is 1. The number of nitrogens with one attached hydrogen (secondary N) is 1. The van der Waals surface area contributed by atoms with Crippen molar-refractivity contribution in [2.75, 3.05) is 18.9 Å². The quantitative estimate of drug-likeness (QED) is 0.748. The summed E-state index contributed by atoms with van der Waals surface area (Å²) in [4.78, 5) is 35.6. The molecule has 7 heteroatoms. The number of anilines is 1. The second-order valence-electron chi connectivity index (χ2n) is 4.93. The van der Waals surface area contributed by atoms with E-state index < -0.39 is 12.0 Å². The Bertz CT molecular complexity index is 548. The molecule has 1 aromatic carbocycles. The lowest BCUT2D eigenvalue weighted by Gasteiger charge is -2.23. The van der Waals surface area contributed by atoms with Gasteiger partial charge in [-0.05, 0) is 33.0 Å². The number of benzene rings is 1. The predicted molar refractivity (Wildman–Crippen MR) is 86.7 cm³/mol. The van der Waals surface area contributed by atoms with Crippen LogP contribution in [0.5, 0.6) is 0 Å². The number of hydrogen-bond donors (Lipinski definition) is 2. The monoisotopic (exact) mass is 328 g/mol. The first kappa shape index (κ1) is 20.1. The van der Waals surface area contributed by atoms with Gasteiger partial charge in [0.1, 0.15) is 0 Å². The average molecular weight is 329 g/mol. The highest BCUT2D eigenvalue weighted by molar-refractivity contribution is 5.98. The molecule has 0 bridgehead atoms. The Kier molecular flexibility index (Phi) is 8.37. The minimum absolute atomic E-state index is 0. The molecule has 0 heterocycles. The molecule has 6 nitrogen and oxygen atoms in total. The van der Waals surface area contributed by atoms with Gasteiger partial charge in [0.2, 0.25) is 5.91 Å². The Labute approximate surface area is 135 Å². The molecule has 122 valence electrons. The zero-order chi connectivity index (χ0) is 16.0. The summed E-state index contributed by atoms with van der Waals surface area (Å²) in [5.41, 5.74) is 1.07. The van der Waals surface area contributed by atoms with Crippen molar-refractivity contribution in [2.24, 2.45) is 0 Å². The maximum absolute atomic E-state index is 12.1. The topological polar surface area (TPSA) is 86.7 Å². The van der Waals surface area contributed by atoms with E-state index in [-0.39, 0.29) is 37.1 Å². The number of Topliss-reactive ketones (excluding diaryl/α,β-unsaturated/α-hetero) is 1. The molecular formula is C15H21ClN2O4. The highest BCUT2D eigenvalue weighted by Gasteiger charge is 2.18. The van der Waals surface area contributed by atoms with E-state index in [9.17, 15) is 14.4 Å². The number of carboxylic acids is 1. The predicted octanol–water partition coefficient (Wildman–Crippen LogP) is 2.04. The van der Waals surface area contributed by atoms with E-state index >= 15 is 0 Å². The number of carboxylic acid groups (broad SMARTS) is 1. The molecule has 0 saturated heterocycles. The Hall–Kier alpha value is -1.92. The molecule has 0 fully saturated rings. The van der Waals surface area contributed by atoms with Crippen LogP contribution in [0.3, 0.4) is 0 Å². The Morgan fingerprint density at radius 1 is 1.32 bits per heavy atom. The van der Waals surface area contributed by atoms with Crippen LogP contribution >= 0.6 is 12.4 Å². The fourth-order valence-corrected chi connectivity index (χ4v) is 1.73. The van der Waals surface area contributed by atoms with Gasteiger partial charge in [0.25, 0.3) is 0 Å². The smallest absolute Gasteiger partial charge is 0.304 e. The van der Waals surface area contributed by atoms with Crippen molar-refractivity contribution in [2.45, 2.75) is 26.3 Å². The molecule has 0 saturated carbocycles. The summed E-state index contributed by atoms with van der Waals surface area (Å²) in [5.74, 6) is -1.22. The molecule has 0 spiro atoms. The van der Waals surface area contributed by atoms with Gasteiger partial charge in [0.05, 0.1) is 12.5 Å². The molecule has 0 radical (unpaired) electrons. The van der Waals surface area contributed by atoms with Gasteiger partial charge in [-0.25, -0.2) is 0 Å². The van der Waals surface area contributed by atoms with Gasteiger partial charge in [-0.1, -0.05) is 12.1 Å². The summed E-state index contributed by atoms with van der Waals surface area (Å²) in [6, 6.07) is 6.23. The molecular weight excluding hydrogens is 308 g/mol. The number of halogens is 1. The van der Waals surface area contributed by atoms with Gasteiger partial charge in [0, 0.05) is 17.8 Å². The van der Waals surface area contributed by atoms with Gasteiger partial charge >= 0.3 is 5.97 Å². The fourth-order valence-electron chi connectivity index (χ4n) is 1.73. The molecule has 1 unspecified atom stereocenters. The SMILES string of the molecule is CC(=O)c1cccc(NC(=O)C(C)N(C)CCC(=O)O)c1.Cl. The van der Waals surface area contributed by atoms with Crippen LogP contribution < -0.4 is 5.32 Å². The maximum atomic E-state index is 12.1. The molecule has 0 aliphatic carbocycles. The number of rotatable bonds is 7. The summed E-state index contributed by atoms with van der Waals surface area (Å²) in [5, 5.41) is 11.4. The van der Waals surface area contributed by atoms with Crippen LogP contribution in [-0.4, -0.2) is 47.3 Å². The van der Waals surface area contributed by atoms with E-state index in [2.05, 4.69) is 5.32 Å². The molecule has 2 N–H and O–H groups in total. The normalized spacial score (nSPS) is 11.5. The van der Waals surface area contributed by atoms with Crippen LogP contribution in [0, 0.1) is 0 Å². The summed E-state index contributed by atoms with van der Waals surface area (Å²) >= 11 is 0. The molecule has 1 aromatic rings. The first-order chi connectivity index (χ1) is 9.81. The van der Waals surface area contributed by atoms with Gasteiger partial charge in [-0.3, -0.25) is 19.3 Å². The van der Waals surface area contributed by atoms with E-state index in [0.29, 0.717) is 11.3 Å². The zero-order valence-corrected chi connectivity index (χ0v) is 13.6. The van der Waals surface area contributed by atoms with Crippen LogP contribution in [0.1, 0.15) is 30.6 Å². The number of aliphatic carboxylic acids is 1. The van der Waals surface area contributed by atoms with Crippen molar-refractivity contribution in [1.82, 2.24) is 4.90 Å². The van der Waals surface area contributed by atoms with Crippen molar-refractivity contribution >= 4 is 35.8 Å². The molecule has 1 amide bonds. The Morgan fingerprint density at radius 2 is 1.95 bits per heavy atom. The number of amides is 1. The number of carbonyl (C=O) groups is 3. The summed E-state index contributed by atoms with van der Waals surface area (Å²) < 4.78 is 0. The van der Waals surface area contributed by atoms with E-state index in [0.717, 1.165) is 0 Å². The lowest BCUT2D eigenvalue weighted by Crippen LogP contribution is -2.40. The molecule has 1 atom stereocenters. The highest BCUT2D eigenvalue weighted by Crippen LogP contribution is 2.12. The van der Waals surface area contributed by atoms with E-state index in [4.69, 9.17) is 5.11 Å². The largest absolute Gasteiger partial charge is 0.481 e. The Balaban J connectivity index is 0.00000441.